The van der Waals surface area contributed by atoms with Gasteiger partial charge in [0, 0.05) is 50.8 Å². The van der Waals surface area contributed by atoms with Crippen LogP contribution in [0.1, 0.15) is 15.9 Å². The first-order valence-corrected chi connectivity index (χ1v) is 13.3. The molecule has 1 saturated heterocycles. The quantitative estimate of drug-likeness (QED) is 0.418. The Bertz CT molecular complexity index is 1370. The third-order valence-corrected chi connectivity index (χ3v) is 8.07. The van der Waals surface area contributed by atoms with Gasteiger partial charge in [-0.25, -0.2) is 13.2 Å². The molecule has 1 aliphatic heterocycles. The molecule has 4 rings (SSSR count). The van der Waals surface area contributed by atoms with E-state index in [0.29, 0.717) is 11.1 Å². The van der Waals surface area contributed by atoms with E-state index in [1.165, 1.54) is 36.5 Å². The topological polar surface area (TPSA) is 139 Å². The Kier molecular flexibility index (Phi) is 8.44. The molecule has 1 aromatic carbocycles. The highest BCUT2D eigenvalue weighted by Crippen LogP contribution is 2.23. The summed E-state index contributed by atoms with van der Waals surface area (Å²) in [6, 6.07) is 12.0. The first-order chi connectivity index (χ1) is 18.3. The van der Waals surface area contributed by atoms with Gasteiger partial charge in [-0.1, -0.05) is 24.3 Å². The van der Waals surface area contributed by atoms with Crippen LogP contribution in [0.3, 0.4) is 0 Å². The summed E-state index contributed by atoms with van der Waals surface area (Å²) in [6.07, 6.45) is 6.17. The lowest BCUT2D eigenvalue weighted by molar-refractivity contribution is -0.145. The molecule has 2 aromatic heterocycles. The van der Waals surface area contributed by atoms with E-state index >= 15 is 0 Å². The molecule has 1 fully saturated rings. The molecule has 0 aliphatic carbocycles. The van der Waals surface area contributed by atoms with Gasteiger partial charge in [-0.3, -0.25) is 19.6 Å². The molecule has 3 aromatic rings. The van der Waals surface area contributed by atoms with Gasteiger partial charge in [0.15, 0.2) is 0 Å². The number of pyridine rings is 2. The van der Waals surface area contributed by atoms with Crippen molar-refractivity contribution in [2.24, 2.45) is 0 Å². The standard InChI is InChI=1S/C26H27N5O6S/c1-37-26(34)22(15-19-7-5-11-27-16-19)29-24(32)23-18-30(25(33)20-8-6-12-28-17-20)13-14-31(23)38(35,36)21-9-3-2-4-10-21/h2-12,16-17,22-23H,13-15,18H2,1H3,(H,29,32). The second-order valence-corrected chi connectivity index (χ2v) is 10.5. The maximum Gasteiger partial charge on any atom is 0.328 e. The summed E-state index contributed by atoms with van der Waals surface area (Å²) in [6.45, 7) is -0.265. The highest BCUT2D eigenvalue weighted by atomic mass is 32.2. The van der Waals surface area contributed by atoms with Crippen molar-refractivity contribution in [3.05, 3.63) is 90.5 Å². The number of ether oxygens (including phenoxy) is 1. The monoisotopic (exact) mass is 537 g/mol. The van der Waals surface area contributed by atoms with Gasteiger partial charge in [0.05, 0.1) is 17.6 Å². The minimum Gasteiger partial charge on any atom is -0.467 e. The Morgan fingerprint density at radius 1 is 1.00 bits per heavy atom. The molecule has 198 valence electrons. The fourth-order valence-electron chi connectivity index (χ4n) is 4.21. The lowest BCUT2D eigenvalue weighted by Crippen LogP contribution is -2.62. The van der Waals surface area contributed by atoms with Gasteiger partial charge in [0.2, 0.25) is 15.9 Å². The molecule has 11 nitrogen and oxygen atoms in total. The maximum absolute atomic E-state index is 13.6. The van der Waals surface area contributed by atoms with Crippen LogP contribution in [0.25, 0.3) is 0 Å². The van der Waals surface area contributed by atoms with Crippen molar-refractivity contribution in [2.45, 2.75) is 23.4 Å². The van der Waals surface area contributed by atoms with Crippen LogP contribution < -0.4 is 5.32 Å². The molecule has 0 spiro atoms. The van der Waals surface area contributed by atoms with Gasteiger partial charge in [0.1, 0.15) is 12.1 Å². The second-order valence-electron chi connectivity index (χ2n) is 8.59. The molecule has 12 heteroatoms. The number of sulfonamides is 1. The molecule has 2 atom stereocenters. The minimum absolute atomic E-state index is 0.0183. The molecular weight excluding hydrogens is 510 g/mol. The van der Waals surface area contributed by atoms with Crippen LogP contribution in [0, 0.1) is 0 Å². The summed E-state index contributed by atoms with van der Waals surface area (Å²) < 4.78 is 33.0. The molecule has 0 saturated carbocycles. The van der Waals surface area contributed by atoms with Crippen molar-refractivity contribution < 1.29 is 27.5 Å². The number of amides is 2. The number of benzene rings is 1. The predicted octanol–water partition coefficient (Wildman–Crippen LogP) is 0.892. The summed E-state index contributed by atoms with van der Waals surface area (Å²) in [5.74, 6) is -1.81. The molecular formula is C26H27N5O6S. The highest BCUT2D eigenvalue weighted by Gasteiger charge is 2.42. The fraction of sp³-hybridized carbons (Fsp3) is 0.269. The van der Waals surface area contributed by atoms with Gasteiger partial charge in [-0.2, -0.15) is 4.31 Å². The third kappa shape index (κ3) is 6.03. The van der Waals surface area contributed by atoms with Crippen molar-refractivity contribution >= 4 is 27.8 Å². The number of methoxy groups -OCH3 is 1. The van der Waals surface area contributed by atoms with Gasteiger partial charge < -0.3 is 15.0 Å². The van der Waals surface area contributed by atoms with Gasteiger partial charge >= 0.3 is 5.97 Å². The third-order valence-electron chi connectivity index (χ3n) is 6.14. The van der Waals surface area contributed by atoms with Crippen molar-refractivity contribution in [3.8, 4) is 0 Å². The first kappa shape index (κ1) is 26.9. The maximum atomic E-state index is 13.6. The molecule has 0 radical (unpaired) electrons. The SMILES string of the molecule is COC(=O)C(Cc1cccnc1)NC(=O)C1CN(C(=O)c2cccnc2)CCN1S(=O)(=O)c1ccccc1. The van der Waals surface area contributed by atoms with Crippen LogP contribution in [-0.2, 0) is 30.8 Å². The summed E-state index contributed by atoms with van der Waals surface area (Å²) in [5.41, 5.74) is 0.990. The number of esters is 1. The van der Waals surface area contributed by atoms with E-state index in [9.17, 15) is 22.8 Å². The average Bonchev–Trinajstić information content (AvgIpc) is 2.97. The van der Waals surface area contributed by atoms with Crippen LogP contribution >= 0.6 is 0 Å². The van der Waals surface area contributed by atoms with Gasteiger partial charge in [-0.15, -0.1) is 0 Å². The van der Waals surface area contributed by atoms with Crippen molar-refractivity contribution in [1.29, 1.82) is 0 Å². The van der Waals surface area contributed by atoms with Crippen LogP contribution in [0.4, 0.5) is 0 Å². The number of aromatic nitrogens is 2. The van der Waals surface area contributed by atoms with Crippen LogP contribution in [0.15, 0.2) is 84.3 Å². The smallest absolute Gasteiger partial charge is 0.328 e. The van der Waals surface area contributed by atoms with E-state index in [1.807, 2.05) is 0 Å². The molecule has 2 amide bonds. The normalized spacial score (nSPS) is 16.9. The Balaban J connectivity index is 1.63. The molecule has 1 N–H and O–H groups in total. The number of nitrogens with one attached hydrogen (secondary N) is 1. The zero-order chi connectivity index (χ0) is 27.1. The minimum atomic E-state index is -4.09. The predicted molar refractivity (Wildman–Crippen MR) is 136 cm³/mol. The van der Waals surface area contributed by atoms with Gasteiger partial charge in [0.25, 0.3) is 5.91 Å². The number of carbonyl (C=O) groups is 3. The van der Waals surface area contributed by atoms with Crippen LogP contribution in [-0.4, -0.2) is 84.2 Å². The average molecular weight is 538 g/mol. The molecule has 3 heterocycles. The Hall–Kier alpha value is -4.16. The Morgan fingerprint density at radius 3 is 2.34 bits per heavy atom. The molecule has 1 aliphatic rings. The molecule has 38 heavy (non-hydrogen) atoms. The largest absolute Gasteiger partial charge is 0.467 e. The number of carbonyl (C=O) groups excluding carboxylic acids is 3. The lowest BCUT2D eigenvalue weighted by atomic mass is 10.1. The van der Waals surface area contributed by atoms with Gasteiger partial charge in [-0.05, 0) is 35.9 Å². The van der Waals surface area contributed by atoms with Crippen molar-refractivity contribution in [1.82, 2.24) is 24.5 Å². The second kappa shape index (κ2) is 11.9. The summed E-state index contributed by atoms with van der Waals surface area (Å²) in [4.78, 5) is 48.7. The van der Waals surface area contributed by atoms with Crippen LogP contribution in [0.5, 0.6) is 0 Å². The Morgan fingerprint density at radius 2 is 1.71 bits per heavy atom. The van der Waals surface area contributed by atoms with E-state index in [-0.39, 0.29) is 36.9 Å². The number of rotatable bonds is 8. The molecule has 2 unspecified atom stereocenters. The zero-order valence-electron chi connectivity index (χ0n) is 20.6. The van der Waals surface area contributed by atoms with Crippen molar-refractivity contribution in [2.75, 3.05) is 26.7 Å². The van der Waals surface area contributed by atoms with Crippen LogP contribution in [0.2, 0.25) is 0 Å². The van der Waals surface area contributed by atoms with E-state index in [0.717, 1.165) is 4.31 Å². The van der Waals surface area contributed by atoms with Crippen molar-refractivity contribution in [3.63, 3.8) is 0 Å². The summed E-state index contributed by atoms with van der Waals surface area (Å²) in [7, 11) is -2.89. The fourth-order valence-corrected chi connectivity index (χ4v) is 5.80. The number of hydrogen-bond donors (Lipinski definition) is 1. The first-order valence-electron chi connectivity index (χ1n) is 11.8. The summed E-state index contributed by atoms with van der Waals surface area (Å²) >= 11 is 0. The Labute approximate surface area is 220 Å². The van der Waals surface area contributed by atoms with E-state index in [2.05, 4.69) is 15.3 Å². The summed E-state index contributed by atoms with van der Waals surface area (Å²) in [5, 5.41) is 2.64. The lowest BCUT2D eigenvalue weighted by Gasteiger charge is -2.40. The van der Waals surface area contributed by atoms with E-state index in [4.69, 9.17) is 4.74 Å². The highest BCUT2D eigenvalue weighted by molar-refractivity contribution is 7.89. The number of nitrogens with zero attached hydrogens (tertiary/aromatic N) is 4. The number of hydrogen-bond acceptors (Lipinski definition) is 8. The zero-order valence-corrected chi connectivity index (χ0v) is 21.5. The molecule has 0 bridgehead atoms. The number of piperazine rings is 1. The van der Waals surface area contributed by atoms with E-state index < -0.39 is 34.0 Å². The van der Waals surface area contributed by atoms with E-state index in [1.54, 1.807) is 54.9 Å².